The van der Waals surface area contributed by atoms with Crippen molar-refractivity contribution < 1.29 is 14.7 Å². The summed E-state index contributed by atoms with van der Waals surface area (Å²) >= 11 is 0. The van der Waals surface area contributed by atoms with Gasteiger partial charge in [-0.05, 0) is 5.41 Å². The van der Waals surface area contributed by atoms with Gasteiger partial charge in [-0.25, -0.2) is 14.6 Å². The van der Waals surface area contributed by atoms with Crippen LogP contribution in [0.3, 0.4) is 0 Å². The average molecular weight is 268 g/mol. The number of urea groups is 1. The molecule has 0 radical (unpaired) electrons. The Balaban J connectivity index is 2.39. The normalized spacial score (nSPS) is 12.8. The second kappa shape index (κ2) is 6.21. The standard InChI is InChI=1S/C12H20N4O3/c1-12(2,3)9(10(17)18)16-11(19)15-5-4-8-13-6-7-14-8/h6-7,9H,4-5H2,1-3H3,(H,13,14)(H,17,18)(H2,15,16,19)/t9-/m0/s1. The van der Waals surface area contributed by atoms with Crippen molar-refractivity contribution in [2.75, 3.05) is 6.54 Å². The van der Waals surface area contributed by atoms with Gasteiger partial charge >= 0.3 is 12.0 Å². The number of carboxylic acid groups (broad SMARTS) is 1. The minimum Gasteiger partial charge on any atom is -0.480 e. The molecule has 1 aromatic rings. The molecule has 4 N–H and O–H groups in total. The average Bonchev–Trinajstić information content (AvgIpc) is 2.77. The molecule has 0 spiro atoms. The van der Waals surface area contributed by atoms with Gasteiger partial charge in [-0.1, -0.05) is 20.8 Å². The maximum absolute atomic E-state index is 11.6. The number of carbonyl (C=O) groups excluding carboxylic acids is 1. The van der Waals surface area contributed by atoms with E-state index in [0.717, 1.165) is 5.82 Å². The van der Waals surface area contributed by atoms with E-state index >= 15 is 0 Å². The van der Waals surface area contributed by atoms with Gasteiger partial charge in [0.15, 0.2) is 0 Å². The molecule has 106 valence electrons. The van der Waals surface area contributed by atoms with Crippen LogP contribution in [0.1, 0.15) is 26.6 Å². The summed E-state index contributed by atoms with van der Waals surface area (Å²) in [7, 11) is 0. The largest absolute Gasteiger partial charge is 0.480 e. The van der Waals surface area contributed by atoms with Crippen LogP contribution >= 0.6 is 0 Å². The van der Waals surface area contributed by atoms with Crippen molar-refractivity contribution in [3.05, 3.63) is 18.2 Å². The van der Waals surface area contributed by atoms with Gasteiger partial charge in [0.05, 0.1) is 0 Å². The minimum absolute atomic E-state index is 0.385. The number of aromatic amines is 1. The van der Waals surface area contributed by atoms with Crippen LogP contribution in [-0.4, -0.2) is 39.7 Å². The van der Waals surface area contributed by atoms with Gasteiger partial charge in [0.1, 0.15) is 11.9 Å². The van der Waals surface area contributed by atoms with Gasteiger partial charge in [0.2, 0.25) is 0 Å². The van der Waals surface area contributed by atoms with Crippen LogP contribution in [0, 0.1) is 5.41 Å². The Bertz CT molecular complexity index is 423. The molecule has 0 saturated heterocycles. The second-order valence-corrected chi connectivity index (χ2v) is 5.32. The van der Waals surface area contributed by atoms with Crippen LogP contribution in [0.4, 0.5) is 4.79 Å². The number of aromatic nitrogens is 2. The van der Waals surface area contributed by atoms with Gasteiger partial charge in [-0.2, -0.15) is 0 Å². The van der Waals surface area contributed by atoms with E-state index in [1.165, 1.54) is 0 Å². The van der Waals surface area contributed by atoms with Crippen LogP contribution in [0.25, 0.3) is 0 Å². The minimum atomic E-state index is -1.05. The van der Waals surface area contributed by atoms with E-state index < -0.39 is 23.5 Å². The first-order valence-electron chi connectivity index (χ1n) is 6.06. The van der Waals surface area contributed by atoms with Crippen LogP contribution < -0.4 is 10.6 Å². The molecule has 0 bridgehead atoms. The van der Waals surface area contributed by atoms with E-state index in [4.69, 9.17) is 5.11 Å². The Morgan fingerprint density at radius 2 is 2.16 bits per heavy atom. The van der Waals surface area contributed by atoms with Gasteiger partial charge in [0.25, 0.3) is 0 Å². The lowest BCUT2D eigenvalue weighted by molar-refractivity contribution is -0.141. The molecule has 0 unspecified atom stereocenters. The Hall–Kier alpha value is -2.05. The number of carbonyl (C=O) groups is 2. The first-order valence-corrected chi connectivity index (χ1v) is 6.06. The summed E-state index contributed by atoms with van der Waals surface area (Å²) in [5, 5.41) is 14.1. The van der Waals surface area contributed by atoms with Crippen LogP contribution in [0.15, 0.2) is 12.4 Å². The van der Waals surface area contributed by atoms with E-state index in [1.807, 2.05) is 0 Å². The van der Waals surface area contributed by atoms with Crippen molar-refractivity contribution in [3.63, 3.8) is 0 Å². The Kier molecular flexibility index (Phi) is 4.91. The predicted octanol–water partition coefficient (Wildman–Crippen LogP) is 0.751. The summed E-state index contributed by atoms with van der Waals surface area (Å²) < 4.78 is 0. The number of carboxylic acids is 1. The first-order chi connectivity index (χ1) is 8.80. The zero-order valence-corrected chi connectivity index (χ0v) is 11.4. The summed E-state index contributed by atoms with van der Waals surface area (Å²) in [6.07, 6.45) is 3.90. The zero-order valence-electron chi connectivity index (χ0n) is 11.4. The second-order valence-electron chi connectivity index (χ2n) is 5.32. The van der Waals surface area contributed by atoms with Crippen LogP contribution in [0.2, 0.25) is 0 Å². The van der Waals surface area contributed by atoms with Crippen molar-refractivity contribution in [1.29, 1.82) is 0 Å². The SMILES string of the molecule is CC(C)(C)[C@@H](NC(=O)NCCc1ncc[nH]1)C(=O)O. The third kappa shape index (κ3) is 4.99. The number of nitrogens with one attached hydrogen (secondary N) is 3. The molecule has 1 heterocycles. The molecule has 7 nitrogen and oxygen atoms in total. The molecule has 0 aliphatic carbocycles. The van der Waals surface area contributed by atoms with Crippen molar-refractivity contribution in [2.45, 2.75) is 33.2 Å². The molecule has 0 fully saturated rings. The summed E-state index contributed by atoms with van der Waals surface area (Å²) in [6, 6.07) is -1.43. The van der Waals surface area contributed by atoms with Crippen molar-refractivity contribution in [3.8, 4) is 0 Å². The fraction of sp³-hybridized carbons (Fsp3) is 0.583. The third-order valence-corrected chi connectivity index (χ3v) is 2.59. The van der Waals surface area contributed by atoms with E-state index in [-0.39, 0.29) is 0 Å². The highest BCUT2D eigenvalue weighted by atomic mass is 16.4. The topological polar surface area (TPSA) is 107 Å². The molecular formula is C12H20N4O3. The number of imidazole rings is 1. The Morgan fingerprint density at radius 3 is 2.63 bits per heavy atom. The number of aliphatic carboxylic acids is 1. The lowest BCUT2D eigenvalue weighted by Crippen LogP contribution is -2.52. The van der Waals surface area contributed by atoms with Crippen molar-refractivity contribution >= 4 is 12.0 Å². The molecular weight excluding hydrogens is 248 g/mol. The highest BCUT2D eigenvalue weighted by molar-refractivity contribution is 5.83. The smallest absolute Gasteiger partial charge is 0.326 e. The van der Waals surface area contributed by atoms with Gasteiger partial charge in [-0.15, -0.1) is 0 Å². The molecule has 1 rings (SSSR count). The summed E-state index contributed by atoms with van der Waals surface area (Å²) in [5.41, 5.74) is -0.551. The lowest BCUT2D eigenvalue weighted by atomic mass is 9.87. The first kappa shape index (κ1) is 15.0. The highest BCUT2D eigenvalue weighted by Gasteiger charge is 2.32. The lowest BCUT2D eigenvalue weighted by Gasteiger charge is -2.27. The number of rotatable bonds is 5. The summed E-state index contributed by atoms with van der Waals surface area (Å²) in [5.74, 6) is -0.278. The van der Waals surface area contributed by atoms with Gasteiger partial charge in [0, 0.05) is 25.4 Å². The predicted molar refractivity (Wildman–Crippen MR) is 69.7 cm³/mol. The van der Waals surface area contributed by atoms with Crippen molar-refractivity contribution in [1.82, 2.24) is 20.6 Å². The van der Waals surface area contributed by atoms with Gasteiger partial charge < -0.3 is 20.7 Å². The summed E-state index contributed by atoms with van der Waals surface area (Å²) in [4.78, 5) is 29.6. The van der Waals surface area contributed by atoms with E-state index in [1.54, 1.807) is 33.2 Å². The van der Waals surface area contributed by atoms with E-state index in [2.05, 4.69) is 20.6 Å². The fourth-order valence-electron chi connectivity index (χ4n) is 1.56. The number of H-pyrrole nitrogens is 1. The molecule has 0 aromatic carbocycles. The Morgan fingerprint density at radius 1 is 1.47 bits per heavy atom. The maximum atomic E-state index is 11.6. The molecule has 0 aliphatic rings. The van der Waals surface area contributed by atoms with Crippen molar-refractivity contribution in [2.24, 2.45) is 5.41 Å². The fourth-order valence-corrected chi connectivity index (χ4v) is 1.56. The number of amides is 2. The molecule has 1 atom stereocenters. The number of hydrogen-bond acceptors (Lipinski definition) is 3. The van der Waals surface area contributed by atoms with E-state index in [9.17, 15) is 9.59 Å². The molecule has 2 amide bonds. The molecule has 0 saturated carbocycles. The maximum Gasteiger partial charge on any atom is 0.326 e. The Labute approximate surface area is 111 Å². The van der Waals surface area contributed by atoms with Crippen LogP contribution in [-0.2, 0) is 11.2 Å². The van der Waals surface area contributed by atoms with Gasteiger partial charge in [-0.3, -0.25) is 0 Å². The number of nitrogens with zero attached hydrogens (tertiary/aromatic N) is 1. The molecule has 7 heteroatoms. The van der Waals surface area contributed by atoms with E-state index in [0.29, 0.717) is 13.0 Å². The monoisotopic (exact) mass is 268 g/mol. The van der Waals surface area contributed by atoms with Crippen LogP contribution in [0.5, 0.6) is 0 Å². The highest BCUT2D eigenvalue weighted by Crippen LogP contribution is 2.19. The summed E-state index contributed by atoms with van der Waals surface area (Å²) in [6.45, 7) is 5.66. The molecule has 1 aromatic heterocycles. The third-order valence-electron chi connectivity index (χ3n) is 2.59. The zero-order chi connectivity index (χ0) is 14.5. The quantitative estimate of drug-likeness (QED) is 0.632. The number of hydrogen-bond donors (Lipinski definition) is 4. The molecule has 19 heavy (non-hydrogen) atoms. The molecule has 0 aliphatic heterocycles.